The minimum absolute atomic E-state index is 0.00861. The molecule has 3 aromatic rings. The van der Waals surface area contributed by atoms with Crippen LogP contribution in [0.4, 0.5) is 11.6 Å². The van der Waals surface area contributed by atoms with Crippen LogP contribution in [0.1, 0.15) is 12.5 Å². The maximum Gasteiger partial charge on any atom is 0.253 e. The van der Waals surface area contributed by atoms with Gasteiger partial charge < -0.3 is 19.5 Å². The van der Waals surface area contributed by atoms with Crippen molar-refractivity contribution in [1.29, 1.82) is 0 Å². The number of hydrogen-bond donors (Lipinski definition) is 1. The molecule has 3 aliphatic heterocycles. The maximum atomic E-state index is 13.5. The number of amides is 2. The smallest absolute Gasteiger partial charge is 0.253 e. The van der Waals surface area contributed by atoms with E-state index in [1.807, 2.05) is 28.8 Å². The van der Waals surface area contributed by atoms with Crippen LogP contribution in [0.15, 0.2) is 42.5 Å². The summed E-state index contributed by atoms with van der Waals surface area (Å²) in [4.78, 5) is 35.3. The van der Waals surface area contributed by atoms with Crippen molar-refractivity contribution >= 4 is 34.5 Å². The van der Waals surface area contributed by atoms with Gasteiger partial charge in [0.05, 0.1) is 30.7 Å². The van der Waals surface area contributed by atoms with E-state index in [-0.39, 0.29) is 18.2 Å². The Bertz CT molecular complexity index is 1270. The minimum Gasteiger partial charge on any atom is -0.486 e. The first-order chi connectivity index (χ1) is 17.2. The molecule has 0 bridgehead atoms. The molecule has 182 valence electrons. The predicted octanol–water partition coefficient (Wildman–Crippen LogP) is 2.06. The van der Waals surface area contributed by atoms with Crippen molar-refractivity contribution in [2.75, 3.05) is 62.8 Å². The molecule has 10 nitrogen and oxygen atoms in total. The van der Waals surface area contributed by atoms with Gasteiger partial charge in [-0.2, -0.15) is 0 Å². The average molecular weight is 478 g/mol. The summed E-state index contributed by atoms with van der Waals surface area (Å²) in [5, 5.41) is 2.91. The Kier molecular flexibility index (Phi) is 5.75. The maximum absolute atomic E-state index is 13.5. The molecule has 0 aliphatic carbocycles. The molecule has 0 radical (unpaired) electrons. The fourth-order valence-electron chi connectivity index (χ4n) is 4.88. The van der Waals surface area contributed by atoms with Crippen LogP contribution >= 0.6 is 0 Å². The highest BCUT2D eigenvalue weighted by Gasteiger charge is 2.41. The first-order valence-electron chi connectivity index (χ1n) is 12.0. The van der Waals surface area contributed by atoms with Gasteiger partial charge in [0.25, 0.3) is 5.91 Å². The molecule has 35 heavy (non-hydrogen) atoms. The quantitative estimate of drug-likeness (QED) is 0.580. The lowest BCUT2D eigenvalue weighted by Crippen LogP contribution is -2.42. The number of anilines is 2. The predicted molar refractivity (Wildman–Crippen MR) is 129 cm³/mol. The van der Waals surface area contributed by atoms with Crippen LogP contribution in [-0.2, 0) is 14.3 Å². The third kappa shape index (κ3) is 4.19. The number of fused-ring (bicyclic) bond motifs is 4. The molecule has 4 heterocycles. The number of hydrogen-bond acceptors (Lipinski definition) is 7. The lowest BCUT2D eigenvalue weighted by molar-refractivity contribution is -0.124. The number of ether oxygens (including phenoxy) is 3. The van der Waals surface area contributed by atoms with Crippen LogP contribution in [-0.4, -0.2) is 78.9 Å². The summed E-state index contributed by atoms with van der Waals surface area (Å²) < 4.78 is 18.5. The van der Waals surface area contributed by atoms with Gasteiger partial charge in [-0.3, -0.25) is 24.0 Å². The molecule has 1 saturated heterocycles. The summed E-state index contributed by atoms with van der Waals surface area (Å²) in [5.41, 5.74) is 2.26. The summed E-state index contributed by atoms with van der Waals surface area (Å²) in [6.45, 7) is 5.32. The number of carbonyl (C=O) groups is 2. The summed E-state index contributed by atoms with van der Waals surface area (Å²) >= 11 is 0. The normalized spacial score (nSPS) is 19.7. The Morgan fingerprint density at radius 2 is 1.80 bits per heavy atom. The molecular weight excluding hydrogens is 450 g/mol. The van der Waals surface area contributed by atoms with E-state index in [1.54, 1.807) is 23.1 Å². The fourth-order valence-corrected chi connectivity index (χ4v) is 4.88. The zero-order chi connectivity index (χ0) is 23.8. The fraction of sp³-hybridized carbons (Fsp3) is 0.400. The van der Waals surface area contributed by atoms with Gasteiger partial charge in [0.2, 0.25) is 11.9 Å². The summed E-state index contributed by atoms with van der Waals surface area (Å²) in [6, 6.07) is 12.4. The molecule has 2 aromatic carbocycles. The first-order valence-corrected chi connectivity index (χ1v) is 12.0. The largest absolute Gasteiger partial charge is 0.486 e. The highest BCUT2D eigenvalue weighted by Crippen LogP contribution is 2.37. The molecule has 0 unspecified atom stereocenters. The van der Waals surface area contributed by atoms with Gasteiger partial charge in [-0.15, -0.1) is 0 Å². The van der Waals surface area contributed by atoms with E-state index in [0.717, 1.165) is 30.7 Å². The summed E-state index contributed by atoms with van der Waals surface area (Å²) in [7, 11) is 0. The monoisotopic (exact) mass is 477 g/mol. The number of nitrogens with one attached hydrogen (secondary N) is 1. The van der Waals surface area contributed by atoms with Crippen LogP contribution in [0.3, 0.4) is 0 Å². The van der Waals surface area contributed by atoms with E-state index in [9.17, 15) is 9.59 Å². The Hall–Kier alpha value is -3.63. The molecule has 0 saturated carbocycles. The Morgan fingerprint density at radius 1 is 1.00 bits per heavy atom. The van der Waals surface area contributed by atoms with Crippen LogP contribution in [0.2, 0.25) is 0 Å². The molecule has 6 rings (SSSR count). The van der Waals surface area contributed by atoms with Gasteiger partial charge in [-0.25, -0.2) is 4.98 Å². The third-order valence-electron chi connectivity index (χ3n) is 6.63. The van der Waals surface area contributed by atoms with Gasteiger partial charge in [0, 0.05) is 37.9 Å². The molecule has 1 aromatic heterocycles. The van der Waals surface area contributed by atoms with Crippen molar-refractivity contribution in [3.63, 3.8) is 0 Å². The second kappa shape index (κ2) is 9.20. The number of morpholine rings is 1. The molecule has 3 aliphatic rings. The van der Waals surface area contributed by atoms with Crippen molar-refractivity contribution < 1.29 is 23.8 Å². The first kappa shape index (κ1) is 21.9. The van der Waals surface area contributed by atoms with Gasteiger partial charge in [-0.05, 0) is 24.3 Å². The minimum atomic E-state index is -0.653. The van der Waals surface area contributed by atoms with Gasteiger partial charge >= 0.3 is 0 Å². The Morgan fingerprint density at radius 3 is 2.66 bits per heavy atom. The van der Waals surface area contributed by atoms with E-state index >= 15 is 0 Å². The molecule has 1 atom stereocenters. The lowest BCUT2D eigenvalue weighted by atomic mass is 10.1. The van der Waals surface area contributed by atoms with Crippen molar-refractivity contribution in [3.05, 3.63) is 42.5 Å². The zero-order valence-electron chi connectivity index (χ0n) is 19.3. The van der Waals surface area contributed by atoms with Gasteiger partial charge in [0.15, 0.2) is 11.5 Å². The van der Waals surface area contributed by atoms with Crippen LogP contribution in [0, 0.1) is 0 Å². The van der Waals surface area contributed by atoms with Crippen molar-refractivity contribution in [1.82, 2.24) is 14.5 Å². The molecule has 10 heteroatoms. The van der Waals surface area contributed by atoms with E-state index in [0.29, 0.717) is 56.1 Å². The average Bonchev–Trinajstić information content (AvgIpc) is 3.37. The number of benzene rings is 2. The second-order valence-electron chi connectivity index (χ2n) is 8.84. The Labute approximate surface area is 202 Å². The lowest BCUT2D eigenvalue weighted by Gasteiger charge is -2.28. The molecule has 0 spiro atoms. The highest BCUT2D eigenvalue weighted by atomic mass is 16.6. The van der Waals surface area contributed by atoms with Crippen molar-refractivity contribution in [2.45, 2.75) is 12.5 Å². The zero-order valence-corrected chi connectivity index (χ0v) is 19.3. The van der Waals surface area contributed by atoms with Crippen LogP contribution < -0.4 is 19.7 Å². The Balaban J connectivity index is 1.22. The standard InChI is InChI=1S/C25H27N5O5/c31-23(26-17-5-6-21-22(15-17)35-14-13-34-21)16-20-24(32)29(8-7-28-9-11-33-12-10-28)25-27-18-3-1-2-4-19(18)30(20)25/h1-6,15,20H,7-14,16H2,(H,26,31)/t20-/m0/s1. The van der Waals surface area contributed by atoms with Crippen LogP contribution in [0.5, 0.6) is 11.5 Å². The number of imidazole rings is 1. The van der Waals surface area contributed by atoms with Crippen molar-refractivity contribution in [3.8, 4) is 11.5 Å². The second-order valence-corrected chi connectivity index (χ2v) is 8.84. The molecule has 1 fully saturated rings. The van der Waals surface area contributed by atoms with Crippen molar-refractivity contribution in [2.24, 2.45) is 0 Å². The summed E-state index contributed by atoms with van der Waals surface area (Å²) in [6.07, 6.45) is 0.00861. The van der Waals surface area contributed by atoms with E-state index < -0.39 is 6.04 Å². The molecular formula is C25H27N5O5. The number of para-hydroxylation sites is 2. The number of aromatic nitrogens is 2. The number of nitrogens with zero attached hydrogens (tertiary/aromatic N) is 4. The van der Waals surface area contributed by atoms with E-state index in [2.05, 4.69) is 10.2 Å². The SMILES string of the molecule is O=C(C[C@H]1C(=O)N(CCN2CCOCC2)c2nc3ccccc3n21)Nc1ccc2c(c1)OCCO2. The van der Waals surface area contributed by atoms with E-state index in [4.69, 9.17) is 19.2 Å². The van der Waals surface area contributed by atoms with E-state index in [1.165, 1.54) is 0 Å². The van der Waals surface area contributed by atoms with Crippen LogP contribution in [0.25, 0.3) is 11.0 Å². The summed E-state index contributed by atoms with van der Waals surface area (Å²) in [5.74, 6) is 1.50. The molecule has 2 amide bonds. The third-order valence-corrected chi connectivity index (χ3v) is 6.63. The number of rotatable bonds is 6. The topological polar surface area (TPSA) is 98.2 Å². The highest BCUT2D eigenvalue weighted by molar-refractivity contribution is 6.05. The van der Waals surface area contributed by atoms with Gasteiger partial charge in [0.1, 0.15) is 19.3 Å². The molecule has 1 N–H and O–H groups in total. The number of carbonyl (C=O) groups excluding carboxylic acids is 2. The van der Waals surface area contributed by atoms with Gasteiger partial charge in [-0.1, -0.05) is 12.1 Å².